The number of esters is 2. The van der Waals surface area contributed by atoms with E-state index in [1.807, 2.05) is 0 Å². The van der Waals surface area contributed by atoms with Crippen LogP contribution in [0.2, 0.25) is 0 Å². The second kappa shape index (κ2) is 7.05. The largest absolute Gasteiger partial charge is 0.478 e. The summed E-state index contributed by atoms with van der Waals surface area (Å²) in [6, 6.07) is 0. The molecule has 2 unspecified atom stereocenters. The molecule has 2 atom stereocenters. The Balaban J connectivity index is 0.000000331. The molecule has 1 saturated heterocycles. The van der Waals surface area contributed by atoms with Crippen LogP contribution in [0, 0.1) is 0 Å². The van der Waals surface area contributed by atoms with E-state index >= 15 is 0 Å². The lowest BCUT2D eigenvalue weighted by atomic mass is 10.3. The number of hydrogen-bond donors (Lipinski definition) is 2. The monoisotopic (exact) mass is 260 g/mol. The van der Waals surface area contributed by atoms with Crippen LogP contribution >= 0.6 is 0 Å². The lowest BCUT2D eigenvalue weighted by Gasteiger charge is -2.22. The summed E-state index contributed by atoms with van der Waals surface area (Å²) in [5.41, 5.74) is 0. The zero-order valence-corrected chi connectivity index (χ0v) is 9.65. The number of carbonyl (C=O) groups is 4. The molecule has 8 heteroatoms. The number of ether oxygens (including phenoxy) is 2. The summed E-state index contributed by atoms with van der Waals surface area (Å²) in [5.74, 6) is -3.47. The molecule has 1 fully saturated rings. The Morgan fingerprint density at radius 1 is 0.944 bits per heavy atom. The summed E-state index contributed by atoms with van der Waals surface area (Å²) >= 11 is 0. The van der Waals surface area contributed by atoms with Gasteiger partial charge in [0.2, 0.25) is 0 Å². The third kappa shape index (κ3) is 6.26. The van der Waals surface area contributed by atoms with E-state index in [9.17, 15) is 19.2 Å². The molecule has 18 heavy (non-hydrogen) atoms. The van der Waals surface area contributed by atoms with Gasteiger partial charge in [-0.3, -0.25) is 0 Å². The Morgan fingerprint density at radius 2 is 1.22 bits per heavy atom. The van der Waals surface area contributed by atoms with Gasteiger partial charge in [-0.25, -0.2) is 19.2 Å². The van der Waals surface area contributed by atoms with E-state index in [-0.39, 0.29) is 0 Å². The number of hydrogen-bond acceptors (Lipinski definition) is 6. The van der Waals surface area contributed by atoms with Crippen LogP contribution in [0.5, 0.6) is 0 Å². The highest BCUT2D eigenvalue weighted by Crippen LogP contribution is 2.08. The summed E-state index contributed by atoms with van der Waals surface area (Å²) in [5, 5.41) is 15.6. The van der Waals surface area contributed by atoms with E-state index in [1.54, 1.807) is 0 Å². The minimum absolute atomic E-state index is 0.480. The average molecular weight is 260 g/mol. The van der Waals surface area contributed by atoms with Crippen molar-refractivity contribution in [3.63, 3.8) is 0 Å². The highest BCUT2D eigenvalue weighted by molar-refractivity contribution is 5.89. The molecule has 0 amide bonds. The third-order valence-corrected chi connectivity index (χ3v) is 1.62. The van der Waals surface area contributed by atoms with Crippen molar-refractivity contribution in [3.8, 4) is 0 Å². The van der Waals surface area contributed by atoms with E-state index in [0.29, 0.717) is 12.2 Å². The molecule has 8 nitrogen and oxygen atoms in total. The molecule has 0 saturated carbocycles. The molecule has 1 aliphatic rings. The van der Waals surface area contributed by atoms with E-state index in [1.165, 1.54) is 13.8 Å². The van der Waals surface area contributed by atoms with Gasteiger partial charge in [-0.1, -0.05) is 0 Å². The Morgan fingerprint density at radius 3 is 1.44 bits per heavy atom. The maximum absolute atomic E-state index is 10.7. The molecule has 100 valence electrons. The molecule has 0 aliphatic carbocycles. The summed E-state index contributed by atoms with van der Waals surface area (Å²) in [4.78, 5) is 40.4. The molecule has 2 N–H and O–H groups in total. The second-order valence-electron chi connectivity index (χ2n) is 3.17. The van der Waals surface area contributed by atoms with Crippen LogP contribution < -0.4 is 0 Å². The summed E-state index contributed by atoms with van der Waals surface area (Å²) in [7, 11) is 0. The van der Waals surface area contributed by atoms with Gasteiger partial charge in [-0.2, -0.15) is 0 Å². The molecule has 1 aliphatic heterocycles. The summed E-state index contributed by atoms with van der Waals surface area (Å²) in [6.45, 7) is 2.96. The van der Waals surface area contributed by atoms with Crippen LogP contribution in [0.3, 0.4) is 0 Å². The quantitative estimate of drug-likeness (QED) is 0.506. The van der Waals surface area contributed by atoms with Crippen molar-refractivity contribution < 1.29 is 38.9 Å². The van der Waals surface area contributed by atoms with Gasteiger partial charge in [0.25, 0.3) is 0 Å². The Labute approximate surface area is 102 Å². The fourth-order valence-corrected chi connectivity index (χ4v) is 0.779. The molecule has 1 heterocycles. The van der Waals surface area contributed by atoms with E-state index < -0.39 is 36.1 Å². The van der Waals surface area contributed by atoms with Gasteiger partial charge in [0.05, 0.1) is 0 Å². The van der Waals surface area contributed by atoms with Gasteiger partial charge in [-0.15, -0.1) is 0 Å². The van der Waals surface area contributed by atoms with Crippen molar-refractivity contribution >= 4 is 23.9 Å². The van der Waals surface area contributed by atoms with Crippen molar-refractivity contribution in [1.82, 2.24) is 0 Å². The number of carboxylic acids is 2. The normalized spacial score (nSPS) is 22.6. The van der Waals surface area contributed by atoms with Crippen molar-refractivity contribution in [1.29, 1.82) is 0 Å². The van der Waals surface area contributed by atoms with E-state index in [0.717, 1.165) is 0 Å². The average Bonchev–Trinajstić information content (AvgIpc) is 2.25. The van der Waals surface area contributed by atoms with Gasteiger partial charge in [-0.05, 0) is 13.8 Å². The predicted molar refractivity (Wildman–Crippen MR) is 55.5 cm³/mol. The van der Waals surface area contributed by atoms with Crippen LogP contribution in [0.4, 0.5) is 0 Å². The summed E-state index contributed by atoms with van der Waals surface area (Å²) in [6.07, 6.45) is -0.377. The lowest BCUT2D eigenvalue weighted by molar-refractivity contribution is -0.191. The zero-order chi connectivity index (χ0) is 14.3. The van der Waals surface area contributed by atoms with Crippen LogP contribution in [0.1, 0.15) is 13.8 Å². The number of carbonyl (C=O) groups excluding carboxylic acids is 2. The van der Waals surface area contributed by atoms with Crippen molar-refractivity contribution in [2.24, 2.45) is 0 Å². The van der Waals surface area contributed by atoms with E-state index in [2.05, 4.69) is 9.47 Å². The van der Waals surface area contributed by atoms with Gasteiger partial charge < -0.3 is 19.7 Å². The van der Waals surface area contributed by atoms with Crippen molar-refractivity contribution in [3.05, 3.63) is 12.2 Å². The first kappa shape index (κ1) is 15.6. The fourth-order valence-electron chi connectivity index (χ4n) is 0.779. The molecule has 0 aromatic carbocycles. The highest BCUT2D eigenvalue weighted by atomic mass is 16.6. The van der Waals surface area contributed by atoms with Crippen LogP contribution in [-0.4, -0.2) is 46.3 Å². The summed E-state index contributed by atoms with van der Waals surface area (Å²) < 4.78 is 9.19. The smallest absolute Gasteiger partial charge is 0.347 e. The number of carboxylic acid groups (broad SMARTS) is 2. The SMILES string of the molecule is CC1OC(=O)C(C)OC1=O.O=C(O)/C=C/C(=O)O. The number of rotatable bonds is 2. The number of aliphatic carboxylic acids is 2. The first-order chi connectivity index (χ1) is 8.23. The lowest BCUT2D eigenvalue weighted by Crippen LogP contribution is -2.40. The Hall–Kier alpha value is -2.38. The molecule has 0 aromatic rings. The number of cyclic esters (lactones) is 2. The second-order valence-corrected chi connectivity index (χ2v) is 3.17. The predicted octanol–water partition coefficient (Wildman–Crippen LogP) is -0.425. The van der Waals surface area contributed by atoms with Gasteiger partial charge in [0.15, 0.2) is 12.2 Å². The first-order valence-corrected chi connectivity index (χ1v) is 4.79. The first-order valence-electron chi connectivity index (χ1n) is 4.79. The van der Waals surface area contributed by atoms with Crippen molar-refractivity contribution in [2.75, 3.05) is 0 Å². The standard InChI is InChI=1S/C6H8O4.C4H4O4/c1-3-5(7)10-4(2)6(8)9-3;5-3(6)1-2-4(7)8/h3-4H,1-2H3;1-2H,(H,5,6)(H,7,8)/b;2-1+. The maximum atomic E-state index is 10.7. The highest BCUT2D eigenvalue weighted by Gasteiger charge is 2.32. The molecule has 0 bridgehead atoms. The Kier molecular flexibility index (Phi) is 6.11. The zero-order valence-electron chi connectivity index (χ0n) is 9.65. The van der Waals surface area contributed by atoms with Crippen LogP contribution in [0.15, 0.2) is 12.2 Å². The molecule has 0 spiro atoms. The van der Waals surface area contributed by atoms with Gasteiger partial charge in [0, 0.05) is 12.2 Å². The molecule has 0 radical (unpaired) electrons. The molecule has 1 rings (SSSR count). The van der Waals surface area contributed by atoms with Gasteiger partial charge >= 0.3 is 23.9 Å². The fraction of sp³-hybridized carbons (Fsp3) is 0.400. The van der Waals surface area contributed by atoms with Crippen molar-refractivity contribution in [2.45, 2.75) is 26.1 Å². The van der Waals surface area contributed by atoms with Gasteiger partial charge in [0.1, 0.15) is 0 Å². The topological polar surface area (TPSA) is 127 Å². The minimum Gasteiger partial charge on any atom is -0.478 e. The molecular weight excluding hydrogens is 248 g/mol. The minimum atomic E-state index is -1.26. The maximum Gasteiger partial charge on any atom is 0.347 e. The van der Waals surface area contributed by atoms with Crippen LogP contribution in [-0.2, 0) is 28.7 Å². The van der Waals surface area contributed by atoms with Crippen LogP contribution in [0.25, 0.3) is 0 Å². The van der Waals surface area contributed by atoms with E-state index in [4.69, 9.17) is 10.2 Å². The third-order valence-electron chi connectivity index (χ3n) is 1.62. The molecule has 0 aromatic heterocycles. The molecular formula is C10H12O8. The Bertz CT molecular complexity index is 347.